The topological polar surface area (TPSA) is 62.7 Å². The number of amides is 1. The zero-order chi connectivity index (χ0) is 14.0. The van der Waals surface area contributed by atoms with Gasteiger partial charge in [0.1, 0.15) is 5.75 Å². The smallest absolute Gasteiger partial charge is 0.256 e. The van der Waals surface area contributed by atoms with E-state index in [1.165, 1.54) is 0 Å². The lowest BCUT2D eigenvalue weighted by Crippen LogP contribution is -2.40. The van der Waals surface area contributed by atoms with Crippen molar-refractivity contribution in [2.24, 2.45) is 4.99 Å². The van der Waals surface area contributed by atoms with Gasteiger partial charge in [-0.3, -0.25) is 10.1 Å². The molecule has 1 amide bonds. The molecule has 1 heterocycles. The molecule has 0 radical (unpaired) electrons. The zero-order valence-corrected chi connectivity index (χ0v) is 12.6. The van der Waals surface area contributed by atoms with Crippen LogP contribution in [-0.2, 0) is 4.79 Å². The second kappa shape index (κ2) is 5.61. The summed E-state index contributed by atoms with van der Waals surface area (Å²) in [6.45, 7) is 3.98. The first-order chi connectivity index (χ1) is 9.01. The molecule has 6 heteroatoms. The fourth-order valence-electron chi connectivity index (χ4n) is 1.88. The molecule has 0 aliphatic carbocycles. The minimum absolute atomic E-state index is 0.153. The average molecular weight is 326 g/mol. The Hall–Kier alpha value is -1.56. The number of hydrogen-bond donors (Lipinski definition) is 2. The van der Waals surface area contributed by atoms with Gasteiger partial charge < -0.3 is 10.1 Å². The van der Waals surface area contributed by atoms with E-state index in [9.17, 15) is 4.79 Å². The summed E-state index contributed by atoms with van der Waals surface area (Å²) in [6.07, 6.45) is 0. The number of carbonyl (C=O) groups is 1. The summed E-state index contributed by atoms with van der Waals surface area (Å²) in [5.74, 6) is 1.00. The van der Waals surface area contributed by atoms with Crippen LogP contribution in [0.4, 0.5) is 0 Å². The van der Waals surface area contributed by atoms with Crippen molar-refractivity contribution >= 4 is 27.8 Å². The molecule has 1 aliphatic heterocycles. The first-order valence-electron chi connectivity index (χ1n) is 6.00. The SMILES string of the molecule is COc1ccc(Br)cc1C1N=C(NC(C)C)NC1=O. The summed E-state index contributed by atoms with van der Waals surface area (Å²) in [5.41, 5.74) is 0.745. The van der Waals surface area contributed by atoms with Crippen LogP contribution in [0.15, 0.2) is 27.7 Å². The van der Waals surface area contributed by atoms with E-state index in [4.69, 9.17) is 4.74 Å². The third-order valence-electron chi connectivity index (χ3n) is 2.66. The van der Waals surface area contributed by atoms with Gasteiger partial charge >= 0.3 is 0 Å². The number of benzene rings is 1. The number of nitrogens with one attached hydrogen (secondary N) is 2. The molecule has 0 bridgehead atoms. The Morgan fingerprint density at radius 1 is 1.47 bits per heavy atom. The highest BCUT2D eigenvalue weighted by Gasteiger charge is 2.30. The number of aliphatic imine (C=N–C) groups is 1. The normalized spacial score (nSPS) is 18.3. The van der Waals surface area contributed by atoms with Crippen molar-refractivity contribution in [2.75, 3.05) is 7.11 Å². The average Bonchev–Trinajstić information content (AvgIpc) is 2.69. The quantitative estimate of drug-likeness (QED) is 0.893. The van der Waals surface area contributed by atoms with Crippen LogP contribution >= 0.6 is 15.9 Å². The molecule has 1 aromatic carbocycles. The predicted molar refractivity (Wildman–Crippen MR) is 77.3 cm³/mol. The minimum atomic E-state index is -0.575. The highest BCUT2D eigenvalue weighted by molar-refractivity contribution is 9.10. The molecule has 1 aromatic rings. The third kappa shape index (κ3) is 3.07. The maximum absolute atomic E-state index is 12.0. The summed E-state index contributed by atoms with van der Waals surface area (Å²) < 4.78 is 6.17. The van der Waals surface area contributed by atoms with Crippen LogP contribution in [0.3, 0.4) is 0 Å². The van der Waals surface area contributed by atoms with E-state index in [2.05, 4.69) is 31.6 Å². The van der Waals surface area contributed by atoms with E-state index >= 15 is 0 Å². The van der Waals surface area contributed by atoms with E-state index in [1.54, 1.807) is 7.11 Å². The van der Waals surface area contributed by atoms with Crippen LogP contribution in [0, 0.1) is 0 Å². The molecule has 1 aliphatic rings. The van der Waals surface area contributed by atoms with Gasteiger partial charge in [0.2, 0.25) is 0 Å². The highest BCUT2D eigenvalue weighted by atomic mass is 79.9. The third-order valence-corrected chi connectivity index (χ3v) is 3.15. The van der Waals surface area contributed by atoms with Crippen molar-refractivity contribution in [1.29, 1.82) is 0 Å². The first kappa shape index (κ1) is 13.9. The second-order valence-electron chi connectivity index (χ2n) is 4.55. The zero-order valence-electron chi connectivity index (χ0n) is 11.0. The van der Waals surface area contributed by atoms with Gasteiger partial charge in [-0.15, -0.1) is 0 Å². The van der Waals surface area contributed by atoms with Crippen LogP contribution in [0.5, 0.6) is 5.75 Å². The molecule has 19 heavy (non-hydrogen) atoms. The van der Waals surface area contributed by atoms with Crippen molar-refractivity contribution in [1.82, 2.24) is 10.6 Å². The van der Waals surface area contributed by atoms with Crippen molar-refractivity contribution < 1.29 is 9.53 Å². The molecule has 5 nitrogen and oxygen atoms in total. The largest absolute Gasteiger partial charge is 0.496 e. The van der Waals surface area contributed by atoms with Gasteiger partial charge in [0, 0.05) is 16.1 Å². The summed E-state index contributed by atoms with van der Waals surface area (Å²) in [7, 11) is 1.58. The Morgan fingerprint density at radius 2 is 2.21 bits per heavy atom. The molecule has 0 saturated heterocycles. The molecule has 0 spiro atoms. The Labute approximate surface area is 120 Å². The number of carbonyl (C=O) groups excluding carboxylic acids is 1. The van der Waals surface area contributed by atoms with Crippen molar-refractivity contribution in [2.45, 2.75) is 25.9 Å². The highest BCUT2D eigenvalue weighted by Crippen LogP contribution is 2.32. The fraction of sp³-hybridized carbons (Fsp3) is 0.385. The van der Waals surface area contributed by atoms with Gasteiger partial charge in [-0.2, -0.15) is 0 Å². The fourth-order valence-corrected chi connectivity index (χ4v) is 2.26. The number of rotatable bonds is 3. The molecule has 2 rings (SSSR count). The molecule has 2 N–H and O–H groups in total. The molecule has 102 valence electrons. The Balaban J connectivity index is 2.33. The molecule has 1 unspecified atom stereocenters. The molecule has 1 atom stereocenters. The van der Waals surface area contributed by atoms with Crippen molar-refractivity contribution in [3.05, 3.63) is 28.2 Å². The number of ether oxygens (including phenoxy) is 1. The number of nitrogens with zero attached hydrogens (tertiary/aromatic N) is 1. The van der Waals surface area contributed by atoms with E-state index in [0.717, 1.165) is 10.0 Å². The maximum Gasteiger partial charge on any atom is 0.256 e. The summed E-state index contributed by atoms with van der Waals surface area (Å²) >= 11 is 3.40. The number of halogens is 1. The minimum Gasteiger partial charge on any atom is -0.496 e. The van der Waals surface area contributed by atoms with E-state index in [1.807, 2.05) is 32.0 Å². The second-order valence-corrected chi connectivity index (χ2v) is 5.47. The van der Waals surface area contributed by atoms with E-state index in [0.29, 0.717) is 11.7 Å². The first-order valence-corrected chi connectivity index (χ1v) is 6.79. The summed E-state index contributed by atoms with van der Waals surface area (Å²) in [5, 5.41) is 5.82. The monoisotopic (exact) mass is 325 g/mol. The van der Waals surface area contributed by atoms with Crippen molar-refractivity contribution in [3.8, 4) is 5.75 Å². The van der Waals surface area contributed by atoms with Gasteiger partial charge in [-0.05, 0) is 32.0 Å². The summed E-state index contributed by atoms with van der Waals surface area (Å²) in [4.78, 5) is 16.4. The Kier molecular flexibility index (Phi) is 4.09. The maximum atomic E-state index is 12.0. The van der Waals surface area contributed by atoms with Crippen LogP contribution < -0.4 is 15.4 Å². The van der Waals surface area contributed by atoms with Crippen LogP contribution in [0.1, 0.15) is 25.5 Å². The molecule has 0 fully saturated rings. The van der Waals surface area contributed by atoms with Crippen molar-refractivity contribution in [3.63, 3.8) is 0 Å². The molecular formula is C13H16BrN3O2. The summed E-state index contributed by atoms with van der Waals surface area (Å²) in [6, 6.07) is 5.17. The van der Waals surface area contributed by atoms with E-state index < -0.39 is 6.04 Å². The Morgan fingerprint density at radius 3 is 2.84 bits per heavy atom. The Bertz CT molecular complexity index is 529. The van der Waals surface area contributed by atoms with E-state index in [-0.39, 0.29) is 11.9 Å². The molecular weight excluding hydrogens is 310 g/mol. The number of guanidine groups is 1. The van der Waals surface area contributed by atoms with Gasteiger partial charge in [0.05, 0.1) is 7.11 Å². The lowest BCUT2D eigenvalue weighted by molar-refractivity contribution is -0.120. The van der Waals surface area contributed by atoms with Gasteiger partial charge in [0.25, 0.3) is 5.91 Å². The van der Waals surface area contributed by atoms with Crippen LogP contribution in [0.25, 0.3) is 0 Å². The standard InChI is InChI=1S/C13H16BrN3O2/c1-7(2)15-13-16-11(12(18)17-13)9-6-8(14)4-5-10(9)19-3/h4-7,11H,1-3H3,(H2,15,16,17,18). The van der Waals surface area contributed by atoms with Crippen LogP contribution in [0.2, 0.25) is 0 Å². The predicted octanol–water partition coefficient (Wildman–Crippen LogP) is 1.98. The number of methoxy groups -OCH3 is 1. The molecule has 0 aromatic heterocycles. The van der Waals surface area contributed by atoms with Crippen LogP contribution in [-0.4, -0.2) is 25.0 Å². The van der Waals surface area contributed by atoms with Gasteiger partial charge in [-0.25, -0.2) is 4.99 Å². The lowest BCUT2D eigenvalue weighted by Gasteiger charge is -2.11. The molecule has 0 saturated carbocycles. The van der Waals surface area contributed by atoms with Gasteiger partial charge in [-0.1, -0.05) is 15.9 Å². The lowest BCUT2D eigenvalue weighted by atomic mass is 10.1. The van der Waals surface area contributed by atoms with Gasteiger partial charge in [0.15, 0.2) is 12.0 Å². The number of hydrogen-bond acceptors (Lipinski definition) is 4.